The monoisotopic (exact) mass is 904 g/mol. The molecule has 13 nitrogen and oxygen atoms in total. The maximum Gasteiger partial charge on any atom is 0.404 e. The van der Waals surface area contributed by atoms with Gasteiger partial charge in [0, 0.05) is 16.7 Å². The molecule has 1 aliphatic carbocycles. The summed E-state index contributed by atoms with van der Waals surface area (Å²) in [5.41, 5.74) is 9.21. The first kappa shape index (κ1) is 43.0. The number of nitrogens with zero attached hydrogens (tertiary/aromatic N) is 3. The zero-order valence-electron chi connectivity index (χ0n) is 34.9. The first-order valence-corrected chi connectivity index (χ1v) is 23.0. The zero-order chi connectivity index (χ0) is 44.8. The smallest absolute Gasteiger partial charge is 0.404 e. The van der Waals surface area contributed by atoms with Crippen LogP contribution >= 0.6 is 23.1 Å². The largest absolute Gasteiger partial charge is 0.448 e. The number of rotatable bonds is 17. The van der Waals surface area contributed by atoms with Crippen LogP contribution in [0.5, 0.6) is 0 Å². The molecule has 1 aromatic heterocycles. The van der Waals surface area contributed by atoms with Crippen LogP contribution in [0.15, 0.2) is 173 Å². The van der Waals surface area contributed by atoms with Gasteiger partial charge in [-0.15, -0.1) is 23.1 Å². The van der Waals surface area contributed by atoms with E-state index in [-0.39, 0.29) is 29.5 Å². The molecule has 3 amide bonds. The molecule has 328 valence electrons. The molecule has 9 rings (SSSR count). The molecule has 3 heterocycles. The normalized spacial score (nSPS) is 17.2. The van der Waals surface area contributed by atoms with Crippen molar-refractivity contribution in [1.29, 1.82) is 0 Å². The predicted octanol–water partition coefficient (Wildman–Crippen LogP) is 7.76. The molecule has 0 unspecified atom stereocenters. The van der Waals surface area contributed by atoms with E-state index in [1.54, 1.807) is 5.38 Å². The second-order valence-corrected chi connectivity index (χ2v) is 17.7. The Morgan fingerprint density at radius 3 is 1.86 bits per heavy atom. The molecule has 3 aliphatic rings. The van der Waals surface area contributed by atoms with Crippen molar-refractivity contribution >= 4 is 57.8 Å². The van der Waals surface area contributed by atoms with E-state index < -0.39 is 46.9 Å². The van der Waals surface area contributed by atoms with Gasteiger partial charge in [-0.25, -0.2) is 14.6 Å². The fourth-order valence-electron chi connectivity index (χ4n) is 7.98. The summed E-state index contributed by atoms with van der Waals surface area (Å²) in [6, 6.07) is 47.7. The molecule has 2 atom stereocenters. The number of oxime groups is 1. The predicted molar refractivity (Wildman–Crippen MR) is 249 cm³/mol. The Morgan fingerprint density at radius 2 is 1.34 bits per heavy atom. The Bertz CT molecular complexity index is 2580. The number of nitrogens with two attached hydrogens (primary N) is 1. The average molecular weight is 905 g/mol. The van der Waals surface area contributed by atoms with Crippen LogP contribution in [-0.4, -0.2) is 69.9 Å². The molecule has 2 fully saturated rings. The number of primary amides is 1. The maximum absolute atomic E-state index is 14.4. The Balaban J connectivity index is 0.993. The SMILES string of the molecule is NC(=O)OCC1=C(C(=O)OC(c2ccccc2)c2ccccc2)N2C(=O)[C@@H](NC(=O)C(=NOCC3CC3)c3csc(NC(c4ccccc4)(c4ccccc4)c4ccccc4)n3)[C@H]2SC1. The third-order valence-electron chi connectivity index (χ3n) is 11.4. The van der Waals surface area contributed by atoms with Gasteiger partial charge < -0.3 is 30.7 Å². The van der Waals surface area contributed by atoms with Gasteiger partial charge in [-0.1, -0.05) is 157 Å². The van der Waals surface area contributed by atoms with Crippen molar-refractivity contribution in [2.75, 3.05) is 24.3 Å². The van der Waals surface area contributed by atoms with Crippen molar-refractivity contribution in [2.24, 2.45) is 16.8 Å². The fourth-order valence-corrected chi connectivity index (χ4v) is 10.1. The third-order valence-corrected chi connectivity index (χ3v) is 13.5. The lowest BCUT2D eigenvalue weighted by atomic mass is 9.77. The highest BCUT2D eigenvalue weighted by atomic mass is 32.2. The van der Waals surface area contributed by atoms with E-state index in [0.717, 1.165) is 29.5 Å². The highest BCUT2D eigenvalue weighted by Gasteiger charge is 2.55. The summed E-state index contributed by atoms with van der Waals surface area (Å²) in [7, 11) is 0. The van der Waals surface area contributed by atoms with Gasteiger partial charge in [0.05, 0.1) is 0 Å². The topological polar surface area (TPSA) is 175 Å². The van der Waals surface area contributed by atoms with Gasteiger partial charge in [0.2, 0.25) is 0 Å². The lowest BCUT2D eigenvalue weighted by Crippen LogP contribution is -2.71. The molecule has 1 saturated carbocycles. The standard InChI is InChI=1S/C50H44N6O7S2/c51-48(60)61-29-35-30-64-46-41(45(58)56(46)42(35)47(59)63-43(33-16-6-1-7-17-33)34-18-8-2-9-19-34)53-44(57)40(55-62-28-32-26-27-32)39-31-65-49(52-39)54-50(36-20-10-3-11-21-36,37-22-12-4-13-23-37)38-24-14-5-15-25-38/h1-25,31-32,41,43,46H,26-30H2,(H2,51,60)(H,52,54)(H,53,57)/t41-,46-/m1/s1. The number of thiazole rings is 1. The molecule has 6 aromatic rings. The fraction of sp³-hybridized carbons (Fsp3) is 0.200. The van der Waals surface area contributed by atoms with E-state index in [1.807, 2.05) is 115 Å². The third kappa shape index (κ3) is 9.24. The zero-order valence-corrected chi connectivity index (χ0v) is 36.6. The summed E-state index contributed by atoms with van der Waals surface area (Å²) in [4.78, 5) is 66.6. The molecular weight excluding hydrogens is 861 g/mol. The van der Waals surface area contributed by atoms with Crippen LogP contribution in [0, 0.1) is 5.92 Å². The van der Waals surface area contributed by atoms with E-state index in [4.69, 9.17) is 25.0 Å². The summed E-state index contributed by atoms with van der Waals surface area (Å²) >= 11 is 2.61. The number of ether oxygens (including phenoxy) is 2. The van der Waals surface area contributed by atoms with Gasteiger partial charge in [-0.3, -0.25) is 14.5 Å². The van der Waals surface area contributed by atoms with Crippen molar-refractivity contribution in [3.8, 4) is 0 Å². The minimum atomic E-state index is -1.06. The highest BCUT2D eigenvalue weighted by molar-refractivity contribution is 8.00. The van der Waals surface area contributed by atoms with Crippen molar-refractivity contribution in [3.05, 3.63) is 202 Å². The molecule has 0 bridgehead atoms. The van der Waals surface area contributed by atoms with Gasteiger partial charge in [-0.2, -0.15) is 0 Å². The minimum absolute atomic E-state index is 0.0713. The lowest BCUT2D eigenvalue weighted by molar-refractivity contribution is -0.154. The average Bonchev–Trinajstić information content (AvgIpc) is 4.07. The molecule has 4 N–H and O–H groups in total. The van der Waals surface area contributed by atoms with Crippen LogP contribution in [0.4, 0.5) is 9.93 Å². The van der Waals surface area contributed by atoms with Crippen LogP contribution in [0.3, 0.4) is 0 Å². The number of hydrogen-bond acceptors (Lipinski definition) is 12. The number of aromatic nitrogens is 1. The van der Waals surface area contributed by atoms with Crippen molar-refractivity contribution in [2.45, 2.75) is 35.9 Å². The molecule has 2 aliphatic heterocycles. The number of nitrogens with one attached hydrogen (secondary N) is 2. The number of β-lactam (4-membered cyclic amide) rings is 1. The number of hydrogen-bond donors (Lipinski definition) is 3. The Morgan fingerprint density at radius 1 is 0.800 bits per heavy atom. The number of esters is 1. The van der Waals surface area contributed by atoms with Crippen molar-refractivity contribution < 1.29 is 33.5 Å². The van der Waals surface area contributed by atoms with E-state index in [9.17, 15) is 19.2 Å². The molecule has 0 spiro atoms. The Labute approximate surface area is 383 Å². The van der Waals surface area contributed by atoms with E-state index >= 15 is 0 Å². The van der Waals surface area contributed by atoms with Crippen LogP contribution in [0.2, 0.25) is 0 Å². The van der Waals surface area contributed by atoms with Gasteiger partial charge >= 0.3 is 12.1 Å². The van der Waals surface area contributed by atoms with E-state index in [2.05, 4.69) is 52.2 Å². The van der Waals surface area contributed by atoms with Gasteiger partial charge in [-0.05, 0) is 46.6 Å². The Kier molecular flexibility index (Phi) is 12.7. The highest BCUT2D eigenvalue weighted by Crippen LogP contribution is 2.43. The number of fused-ring (bicyclic) bond motifs is 1. The second-order valence-electron chi connectivity index (χ2n) is 15.7. The number of benzene rings is 5. The van der Waals surface area contributed by atoms with E-state index in [0.29, 0.717) is 34.4 Å². The molecular formula is C50H44N6O7S2. The van der Waals surface area contributed by atoms with Gasteiger partial charge in [0.1, 0.15) is 41.6 Å². The number of thioether (sulfide) groups is 1. The number of carbonyl (C=O) groups is 4. The molecule has 5 aromatic carbocycles. The first-order valence-electron chi connectivity index (χ1n) is 21.1. The van der Waals surface area contributed by atoms with Crippen LogP contribution < -0.4 is 16.4 Å². The van der Waals surface area contributed by atoms with E-state index in [1.165, 1.54) is 28.0 Å². The summed E-state index contributed by atoms with van der Waals surface area (Å²) < 4.78 is 11.3. The number of anilines is 1. The molecule has 1 saturated heterocycles. The summed E-state index contributed by atoms with van der Waals surface area (Å²) in [5, 5.41) is 12.5. The van der Waals surface area contributed by atoms with Crippen molar-refractivity contribution in [1.82, 2.24) is 15.2 Å². The number of carbonyl (C=O) groups excluding carboxylic acids is 4. The second kappa shape index (κ2) is 19.3. The summed E-state index contributed by atoms with van der Waals surface area (Å²) in [6.07, 6.45) is 0.165. The minimum Gasteiger partial charge on any atom is -0.448 e. The van der Waals surface area contributed by atoms with Crippen LogP contribution in [0.1, 0.15) is 52.5 Å². The summed E-state index contributed by atoms with van der Waals surface area (Å²) in [6.45, 7) is -0.00376. The van der Waals surface area contributed by atoms with Crippen LogP contribution in [0.25, 0.3) is 0 Å². The lowest BCUT2D eigenvalue weighted by Gasteiger charge is -2.49. The van der Waals surface area contributed by atoms with Crippen LogP contribution in [-0.2, 0) is 34.2 Å². The van der Waals surface area contributed by atoms with Gasteiger partial charge in [0.25, 0.3) is 11.8 Å². The molecule has 0 radical (unpaired) electrons. The Hall–Kier alpha value is -7.23. The van der Waals surface area contributed by atoms with Gasteiger partial charge in [0.15, 0.2) is 16.9 Å². The first-order chi connectivity index (χ1) is 31.8. The number of amides is 3. The molecule has 15 heteroatoms. The summed E-state index contributed by atoms with van der Waals surface area (Å²) in [5.74, 6) is -1.52. The van der Waals surface area contributed by atoms with Crippen molar-refractivity contribution in [3.63, 3.8) is 0 Å². The molecule has 65 heavy (non-hydrogen) atoms. The quantitative estimate of drug-likeness (QED) is 0.0270. The maximum atomic E-state index is 14.4.